The van der Waals surface area contributed by atoms with Crippen molar-refractivity contribution in [3.8, 4) is 10.6 Å². The van der Waals surface area contributed by atoms with E-state index in [1.54, 1.807) is 24.2 Å². The summed E-state index contributed by atoms with van der Waals surface area (Å²) in [5.41, 5.74) is 1.61. The summed E-state index contributed by atoms with van der Waals surface area (Å²) in [6.07, 6.45) is 3.60. The number of amides is 2. The van der Waals surface area contributed by atoms with E-state index in [0.29, 0.717) is 32.0 Å². The monoisotopic (exact) mass is 360 g/mol. The van der Waals surface area contributed by atoms with E-state index in [1.807, 2.05) is 17.5 Å². The highest BCUT2D eigenvalue weighted by atomic mass is 32.1. The number of hydrogen-bond donors (Lipinski definition) is 1. The second-order valence-electron chi connectivity index (χ2n) is 5.79. The van der Waals surface area contributed by atoms with Gasteiger partial charge in [0.05, 0.1) is 25.3 Å². The number of rotatable bonds is 5. The number of ether oxygens (including phenoxy) is 1. The van der Waals surface area contributed by atoms with Crippen molar-refractivity contribution >= 4 is 23.2 Å². The van der Waals surface area contributed by atoms with E-state index in [1.165, 1.54) is 11.3 Å². The van der Waals surface area contributed by atoms with Crippen LogP contribution in [-0.4, -0.2) is 59.0 Å². The molecule has 0 aliphatic carbocycles. The molecule has 2 aromatic rings. The summed E-state index contributed by atoms with van der Waals surface area (Å²) in [6, 6.07) is 3.22. The fraction of sp³-hybridized carbons (Fsp3) is 0.412. The number of thiazole rings is 1. The fourth-order valence-corrected chi connectivity index (χ4v) is 3.40. The van der Waals surface area contributed by atoms with Gasteiger partial charge in [0.2, 0.25) is 11.8 Å². The van der Waals surface area contributed by atoms with Crippen LogP contribution in [0.2, 0.25) is 0 Å². The lowest BCUT2D eigenvalue weighted by Crippen LogP contribution is -2.50. The zero-order valence-corrected chi connectivity index (χ0v) is 14.8. The lowest BCUT2D eigenvalue weighted by atomic mass is 10.2. The predicted molar refractivity (Wildman–Crippen MR) is 94.1 cm³/mol. The SMILES string of the molecule is C[C@H](NC(=O)Cc1csc(-c2cccnc2)n1)C(=O)N1CCOCC1. The van der Waals surface area contributed by atoms with Crippen LogP contribution in [0.25, 0.3) is 10.6 Å². The highest BCUT2D eigenvalue weighted by Crippen LogP contribution is 2.22. The van der Waals surface area contributed by atoms with Crippen LogP contribution in [0, 0.1) is 0 Å². The molecule has 3 rings (SSSR count). The Bertz CT molecular complexity index is 729. The van der Waals surface area contributed by atoms with E-state index in [2.05, 4.69) is 15.3 Å². The van der Waals surface area contributed by atoms with Crippen molar-refractivity contribution in [2.75, 3.05) is 26.3 Å². The molecule has 3 heterocycles. The third-order valence-corrected chi connectivity index (χ3v) is 4.81. The summed E-state index contributed by atoms with van der Waals surface area (Å²) >= 11 is 1.47. The van der Waals surface area contributed by atoms with Crippen LogP contribution < -0.4 is 5.32 Å². The highest BCUT2D eigenvalue weighted by molar-refractivity contribution is 7.13. The molecule has 7 nitrogen and oxygen atoms in total. The topological polar surface area (TPSA) is 84.4 Å². The second-order valence-corrected chi connectivity index (χ2v) is 6.65. The quantitative estimate of drug-likeness (QED) is 0.863. The van der Waals surface area contributed by atoms with Gasteiger partial charge in [-0.15, -0.1) is 11.3 Å². The molecule has 0 bridgehead atoms. The molecular formula is C17H20N4O3S. The molecule has 8 heteroatoms. The Morgan fingerprint density at radius 3 is 2.92 bits per heavy atom. The lowest BCUT2D eigenvalue weighted by Gasteiger charge is -2.29. The molecule has 25 heavy (non-hydrogen) atoms. The molecule has 1 N–H and O–H groups in total. The first-order valence-electron chi connectivity index (χ1n) is 8.14. The van der Waals surface area contributed by atoms with Crippen LogP contribution in [0.15, 0.2) is 29.9 Å². The first-order chi connectivity index (χ1) is 12.1. The van der Waals surface area contributed by atoms with E-state index < -0.39 is 6.04 Å². The Morgan fingerprint density at radius 1 is 1.40 bits per heavy atom. The molecule has 1 fully saturated rings. The summed E-state index contributed by atoms with van der Waals surface area (Å²) < 4.78 is 5.24. The molecule has 1 saturated heterocycles. The van der Waals surface area contributed by atoms with Crippen LogP contribution in [-0.2, 0) is 20.7 Å². The number of nitrogens with one attached hydrogen (secondary N) is 1. The Kier molecular flexibility index (Phi) is 5.72. The molecule has 2 amide bonds. The van der Waals surface area contributed by atoms with Gasteiger partial charge in [0, 0.05) is 36.4 Å². The molecule has 1 aliphatic heterocycles. The van der Waals surface area contributed by atoms with Crippen LogP contribution in [0.4, 0.5) is 0 Å². The van der Waals surface area contributed by atoms with Crippen molar-refractivity contribution in [1.82, 2.24) is 20.2 Å². The minimum Gasteiger partial charge on any atom is -0.378 e. The fourth-order valence-electron chi connectivity index (χ4n) is 2.59. The summed E-state index contributed by atoms with van der Waals surface area (Å²) in [6.45, 7) is 3.93. The number of carbonyl (C=O) groups excluding carboxylic acids is 2. The van der Waals surface area contributed by atoms with E-state index in [0.717, 1.165) is 10.6 Å². The molecule has 1 aliphatic rings. The second kappa shape index (κ2) is 8.17. The smallest absolute Gasteiger partial charge is 0.245 e. The van der Waals surface area contributed by atoms with Crippen molar-refractivity contribution in [2.45, 2.75) is 19.4 Å². The van der Waals surface area contributed by atoms with Gasteiger partial charge >= 0.3 is 0 Å². The number of aromatic nitrogens is 2. The Hall–Kier alpha value is -2.32. The number of morpholine rings is 1. The van der Waals surface area contributed by atoms with E-state index in [-0.39, 0.29) is 18.2 Å². The number of hydrogen-bond acceptors (Lipinski definition) is 6. The molecule has 0 radical (unpaired) electrons. The third kappa shape index (κ3) is 4.61. The average molecular weight is 360 g/mol. The summed E-state index contributed by atoms with van der Waals surface area (Å²) in [5.74, 6) is -0.289. The van der Waals surface area contributed by atoms with Crippen molar-refractivity contribution in [3.63, 3.8) is 0 Å². The summed E-state index contributed by atoms with van der Waals surface area (Å²) in [7, 11) is 0. The summed E-state index contributed by atoms with van der Waals surface area (Å²) in [4.78, 5) is 34.8. The van der Waals surface area contributed by atoms with Gasteiger partial charge in [-0.25, -0.2) is 4.98 Å². The minimum absolute atomic E-state index is 0.0778. The van der Waals surface area contributed by atoms with Gasteiger partial charge in [-0.2, -0.15) is 0 Å². The lowest BCUT2D eigenvalue weighted by molar-refractivity contribution is -0.139. The largest absolute Gasteiger partial charge is 0.378 e. The molecule has 0 spiro atoms. The number of nitrogens with zero attached hydrogens (tertiary/aromatic N) is 3. The van der Waals surface area contributed by atoms with Gasteiger partial charge in [0.1, 0.15) is 11.0 Å². The molecule has 0 aromatic carbocycles. The predicted octanol–water partition coefficient (Wildman–Crippen LogP) is 1.11. The Balaban J connectivity index is 1.54. The van der Waals surface area contributed by atoms with Crippen molar-refractivity contribution in [1.29, 1.82) is 0 Å². The van der Waals surface area contributed by atoms with Gasteiger partial charge in [-0.3, -0.25) is 14.6 Å². The van der Waals surface area contributed by atoms with Gasteiger partial charge in [0.15, 0.2) is 0 Å². The Labute approximate surface area is 150 Å². The van der Waals surface area contributed by atoms with E-state index in [9.17, 15) is 9.59 Å². The standard InChI is InChI=1S/C17H20N4O3S/c1-12(17(23)21-5-7-24-8-6-21)19-15(22)9-14-11-25-16(20-14)13-3-2-4-18-10-13/h2-4,10-12H,5-9H2,1H3,(H,19,22)/t12-/m0/s1. The van der Waals surface area contributed by atoms with Gasteiger partial charge in [0.25, 0.3) is 0 Å². The van der Waals surface area contributed by atoms with E-state index in [4.69, 9.17) is 4.74 Å². The molecule has 2 aromatic heterocycles. The van der Waals surface area contributed by atoms with Crippen LogP contribution >= 0.6 is 11.3 Å². The van der Waals surface area contributed by atoms with Crippen molar-refractivity contribution < 1.29 is 14.3 Å². The minimum atomic E-state index is -0.554. The first kappa shape index (κ1) is 17.5. The molecule has 132 valence electrons. The maximum absolute atomic E-state index is 12.3. The summed E-state index contributed by atoms with van der Waals surface area (Å²) in [5, 5.41) is 5.44. The van der Waals surface area contributed by atoms with Crippen molar-refractivity contribution in [3.05, 3.63) is 35.6 Å². The van der Waals surface area contributed by atoms with Crippen LogP contribution in [0.5, 0.6) is 0 Å². The normalized spacial score (nSPS) is 15.6. The van der Waals surface area contributed by atoms with Crippen molar-refractivity contribution in [2.24, 2.45) is 0 Å². The van der Waals surface area contributed by atoms with Gasteiger partial charge in [-0.05, 0) is 19.1 Å². The van der Waals surface area contributed by atoms with Gasteiger partial charge in [-0.1, -0.05) is 0 Å². The number of carbonyl (C=O) groups is 2. The molecule has 1 atom stereocenters. The Morgan fingerprint density at radius 2 is 2.20 bits per heavy atom. The van der Waals surface area contributed by atoms with Crippen LogP contribution in [0.1, 0.15) is 12.6 Å². The molecule has 0 unspecified atom stereocenters. The molecule has 0 saturated carbocycles. The third-order valence-electron chi connectivity index (χ3n) is 3.87. The van der Waals surface area contributed by atoms with E-state index >= 15 is 0 Å². The first-order valence-corrected chi connectivity index (χ1v) is 9.02. The average Bonchev–Trinajstić information content (AvgIpc) is 3.10. The van der Waals surface area contributed by atoms with Crippen LogP contribution in [0.3, 0.4) is 0 Å². The maximum Gasteiger partial charge on any atom is 0.245 e. The molecular weight excluding hydrogens is 340 g/mol. The highest BCUT2D eigenvalue weighted by Gasteiger charge is 2.23. The zero-order chi connectivity index (χ0) is 17.6. The number of pyridine rings is 1. The van der Waals surface area contributed by atoms with Gasteiger partial charge < -0.3 is 15.0 Å². The zero-order valence-electron chi connectivity index (χ0n) is 14.0. The maximum atomic E-state index is 12.3.